The van der Waals surface area contributed by atoms with Crippen LogP contribution in [0.15, 0.2) is 47.4 Å². The molecule has 3 N–H and O–H groups in total. The molecule has 0 bridgehead atoms. The Kier molecular flexibility index (Phi) is 8.15. The molecule has 1 unspecified atom stereocenters. The normalized spacial score (nSPS) is 20.5. The Labute approximate surface area is 197 Å². The molecule has 0 aromatic heterocycles. The summed E-state index contributed by atoms with van der Waals surface area (Å²) in [6.45, 7) is 4.87. The highest BCUT2D eigenvalue weighted by Crippen LogP contribution is 2.62. The van der Waals surface area contributed by atoms with E-state index in [1.807, 2.05) is 30.3 Å². The second kappa shape index (κ2) is 10.7. The Balaban J connectivity index is 2.16. The summed E-state index contributed by atoms with van der Waals surface area (Å²) >= 11 is 0. The maximum Gasteiger partial charge on any atom is 0.306 e. The van der Waals surface area contributed by atoms with Crippen LogP contribution in [0.25, 0.3) is 0 Å². The Morgan fingerprint density at radius 1 is 1.15 bits per heavy atom. The predicted molar refractivity (Wildman–Crippen MR) is 132 cm³/mol. The first kappa shape index (κ1) is 25.2. The molecule has 182 valence electrons. The molecular formula is C25H35NO6S. The van der Waals surface area contributed by atoms with Gasteiger partial charge in [0.1, 0.15) is 0 Å². The number of para-hydroxylation sites is 1. The molecule has 3 rings (SSSR count). The van der Waals surface area contributed by atoms with E-state index in [1.54, 1.807) is 12.1 Å². The van der Waals surface area contributed by atoms with Gasteiger partial charge in [-0.15, -0.1) is 0 Å². The van der Waals surface area contributed by atoms with Gasteiger partial charge in [0, 0.05) is 35.5 Å². The van der Waals surface area contributed by atoms with Crippen LogP contribution in [0.4, 0.5) is 11.4 Å². The van der Waals surface area contributed by atoms with Gasteiger partial charge in [0.15, 0.2) is 11.5 Å². The van der Waals surface area contributed by atoms with Crippen molar-refractivity contribution in [3.8, 4) is 11.5 Å². The SMILES string of the molecule is CCCCC1(CC)CN(c2ccccc2)c2cc(OC)c(OCCC(=O)O)cc2S(O)(O)C1. The number of carboxylic acids is 1. The van der Waals surface area contributed by atoms with E-state index >= 15 is 0 Å². The number of fused-ring (bicyclic) bond motifs is 1. The molecule has 0 spiro atoms. The highest BCUT2D eigenvalue weighted by atomic mass is 32.3. The van der Waals surface area contributed by atoms with Crippen LogP contribution >= 0.6 is 10.6 Å². The Bertz CT molecular complexity index is 951. The lowest BCUT2D eigenvalue weighted by atomic mass is 9.81. The molecule has 2 aromatic carbocycles. The van der Waals surface area contributed by atoms with E-state index in [2.05, 4.69) is 18.7 Å². The fourth-order valence-corrected chi connectivity index (χ4v) is 6.68. The molecule has 8 heteroatoms. The van der Waals surface area contributed by atoms with Crippen molar-refractivity contribution in [3.63, 3.8) is 0 Å². The molecule has 0 saturated carbocycles. The summed E-state index contributed by atoms with van der Waals surface area (Å²) < 4.78 is 34.2. The van der Waals surface area contributed by atoms with Gasteiger partial charge < -0.3 is 19.5 Å². The minimum Gasteiger partial charge on any atom is -0.493 e. The van der Waals surface area contributed by atoms with E-state index in [0.717, 1.165) is 31.4 Å². The van der Waals surface area contributed by atoms with Crippen LogP contribution in [0.5, 0.6) is 11.5 Å². The summed E-state index contributed by atoms with van der Waals surface area (Å²) in [5, 5.41) is 8.95. The average molecular weight is 478 g/mol. The first-order valence-electron chi connectivity index (χ1n) is 11.4. The first-order valence-corrected chi connectivity index (χ1v) is 13.1. The molecular weight excluding hydrogens is 442 g/mol. The number of unbranched alkanes of at least 4 members (excludes halogenated alkanes) is 1. The van der Waals surface area contributed by atoms with Crippen LogP contribution in [0, 0.1) is 5.41 Å². The van der Waals surface area contributed by atoms with Gasteiger partial charge in [-0.2, -0.15) is 10.6 Å². The van der Waals surface area contributed by atoms with E-state index in [-0.39, 0.29) is 24.2 Å². The number of ether oxygens (including phenoxy) is 2. The molecule has 1 aliphatic rings. The topological polar surface area (TPSA) is 99.5 Å². The summed E-state index contributed by atoms with van der Waals surface area (Å²) in [5.41, 5.74) is 1.36. The van der Waals surface area contributed by atoms with Crippen LogP contribution in [-0.2, 0) is 4.79 Å². The number of anilines is 2. The minimum absolute atomic E-state index is 0.0402. The quantitative estimate of drug-likeness (QED) is 0.364. The highest BCUT2D eigenvalue weighted by molar-refractivity contribution is 8.24. The van der Waals surface area contributed by atoms with Crippen molar-refractivity contribution in [1.82, 2.24) is 0 Å². The summed E-state index contributed by atoms with van der Waals surface area (Å²) in [5.74, 6) is 0.0380. The van der Waals surface area contributed by atoms with Crippen molar-refractivity contribution in [2.24, 2.45) is 5.41 Å². The van der Waals surface area contributed by atoms with Crippen molar-refractivity contribution in [2.45, 2.75) is 50.8 Å². The van der Waals surface area contributed by atoms with Crippen LogP contribution in [0.2, 0.25) is 0 Å². The largest absolute Gasteiger partial charge is 0.493 e. The van der Waals surface area contributed by atoms with E-state index < -0.39 is 16.6 Å². The fraction of sp³-hybridized carbons (Fsp3) is 0.480. The maximum absolute atomic E-state index is 11.5. The van der Waals surface area contributed by atoms with Gasteiger partial charge in [-0.3, -0.25) is 13.9 Å². The van der Waals surface area contributed by atoms with Gasteiger partial charge in [-0.05, 0) is 25.0 Å². The van der Waals surface area contributed by atoms with Crippen LogP contribution in [0.1, 0.15) is 46.0 Å². The monoisotopic (exact) mass is 477 g/mol. The minimum atomic E-state index is -3.15. The predicted octanol–water partition coefficient (Wildman–Crippen LogP) is 6.40. The molecule has 33 heavy (non-hydrogen) atoms. The number of carboxylic acid groups (broad SMARTS) is 1. The molecule has 2 aromatic rings. The smallest absolute Gasteiger partial charge is 0.306 e. The molecule has 0 radical (unpaired) electrons. The van der Waals surface area contributed by atoms with Crippen LogP contribution < -0.4 is 14.4 Å². The number of hydrogen-bond acceptors (Lipinski definition) is 6. The van der Waals surface area contributed by atoms with Crippen LogP contribution in [0.3, 0.4) is 0 Å². The molecule has 0 amide bonds. The summed E-state index contributed by atoms with van der Waals surface area (Å²) in [4.78, 5) is 13.5. The maximum atomic E-state index is 11.5. The molecule has 0 saturated heterocycles. The van der Waals surface area contributed by atoms with E-state index in [0.29, 0.717) is 28.6 Å². The standard InChI is InChI=1S/C25H35NO6S/c1-4-6-13-25(5-2)17-26(19-10-8-7-9-11-19)20-15-21(31-3)22(32-14-12-24(27)28)16-23(20)33(29,30)18-25/h7-11,15-16,29-30H,4-6,12-14,17-18H2,1-3H3,(H,27,28). The third kappa shape index (κ3) is 5.75. The van der Waals surface area contributed by atoms with E-state index in [4.69, 9.17) is 14.6 Å². The molecule has 0 aliphatic carbocycles. The molecule has 0 fully saturated rings. The second-order valence-electron chi connectivity index (χ2n) is 8.65. The average Bonchev–Trinajstić information content (AvgIpc) is 2.90. The van der Waals surface area contributed by atoms with Crippen LogP contribution in [-0.4, -0.2) is 46.2 Å². The number of rotatable bonds is 10. The van der Waals surface area contributed by atoms with Crippen molar-refractivity contribution < 1.29 is 28.5 Å². The van der Waals surface area contributed by atoms with Gasteiger partial charge in [0.05, 0.1) is 30.7 Å². The van der Waals surface area contributed by atoms with Crippen molar-refractivity contribution in [3.05, 3.63) is 42.5 Å². The van der Waals surface area contributed by atoms with E-state index in [9.17, 15) is 13.9 Å². The number of methoxy groups -OCH3 is 1. The Morgan fingerprint density at radius 3 is 2.48 bits per heavy atom. The molecule has 1 heterocycles. The van der Waals surface area contributed by atoms with E-state index in [1.165, 1.54) is 7.11 Å². The van der Waals surface area contributed by atoms with Gasteiger partial charge in [-0.1, -0.05) is 44.9 Å². The molecule has 7 nitrogen and oxygen atoms in total. The lowest BCUT2D eigenvalue weighted by Crippen LogP contribution is -2.37. The number of carbonyl (C=O) groups is 1. The highest BCUT2D eigenvalue weighted by Gasteiger charge is 2.42. The van der Waals surface area contributed by atoms with Crippen molar-refractivity contribution >= 4 is 27.9 Å². The first-order chi connectivity index (χ1) is 15.7. The Hall–Kier alpha value is -2.42. The lowest BCUT2D eigenvalue weighted by molar-refractivity contribution is -0.137. The number of benzene rings is 2. The zero-order valence-corrected chi connectivity index (χ0v) is 20.4. The summed E-state index contributed by atoms with van der Waals surface area (Å²) in [6, 6.07) is 13.3. The number of nitrogens with zero attached hydrogens (tertiary/aromatic N) is 1. The van der Waals surface area contributed by atoms with Gasteiger partial charge in [-0.25, -0.2) is 0 Å². The van der Waals surface area contributed by atoms with Gasteiger partial charge >= 0.3 is 5.97 Å². The fourth-order valence-electron chi connectivity index (χ4n) is 4.43. The molecule has 1 aliphatic heterocycles. The van der Waals surface area contributed by atoms with Crippen molar-refractivity contribution in [2.75, 3.05) is 30.9 Å². The van der Waals surface area contributed by atoms with Gasteiger partial charge in [0.2, 0.25) is 0 Å². The second-order valence-corrected chi connectivity index (χ2v) is 10.7. The van der Waals surface area contributed by atoms with Gasteiger partial charge in [0.25, 0.3) is 0 Å². The number of hydrogen-bond donors (Lipinski definition) is 3. The third-order valence-electron chi connectivity index (χ3n) is 6.34. The number of aliphatic carboxylic acids is 1. The zero-order valence-electron chi connectivity index (χ0n) is 19.6. The Morgan fingerprint density at radius 2 is 1.88 bits per heavy atom. The summed E-state index contributed by atoms with van der Waals surface area (Å²) in [6.07, 6.45) is 3.60. The lowest BCUT2D eigenvalue weighted by Gasteiger charge is -2.41. The zero-order chi connectivity index (χ0) is 24.1. The van der Waals surface area contributed by atoms with Crippen molar-refractivity contribution in [1.29, 1.82) is 0 Å². The third-order valence-corrected chi connectivity index (χ3v) is 8.39. The molecule has 1 atom stereocenters. The summed E-state index contributed by atoms with van der Waals surface area (Å²) in [7, 11) is -1.63.